The summed E-state index contributed by atoms with van der Waals surface area (Å²) in [5, 5.41) is 3.12. The highest BCUT2D eigenvalue weighted by molar-refractivity contribution is 5.82. The third-order valence-electron chi connectivity index (χ3n) is 5.45. The van der Waals surface area contributed by atoms with Crippen molar-refractivity contribution in [1.29, 1.82) is 0 Å². The lowest BCUT2D eigenvalue weighted by atomic mass is 9.87. The fourth-order valence-corrected chi connectivity index (χ4v) is 3.11. The van der Waals surface area contributed by atoms with Crippen LogP contribution in [0.4, 0.5) is 0 Å². The minimum Gasteiger partial charge on any atom is -0.349 e. The number of hydrogen-bond donors (Lipinski definition) is 2. The second-order valence-corrected chi connectivity index (χ2v) is 7.61. The summed E-state index contributed by atoms with van der Waals surface area (Å²) < 4.78 is 0. The molecule has 2 unspecified atom stereocenters. The molecule has 138 valence electrons. The van der Waals surface area contributed by atoms with Crippen molar-refractivity contribution in [2.45, 2.75) is 45.6 Å². The minimum atomic E-state index is -0.409. The van der Waals surface area contributed by atoms with E-state index in [0.717, 1.165) is 24.9 Å². The van der Waals surface area contributed by atoms with Gasteiger partial charge in [0.05, 0.1) is 17.9 Å². The van der Waals surface area contributed by atoms with Gasteiger partial charge in [-0.05, 0) is 31.2 Å². The van der Waals surface area contributed by atoms with Crippen LogP contribution in [0.25, 0.3) is 0 Å². The summed E-state index contributed by atoms with van der Waals surface area (Å²) in [5.41, 5.74) is 6.47. The number of likely N-dealkylation sites (tertiary alicyclic amines) is 1. The van der Waals surface area contributed by atoms with Crippen LogP contribution in [-0.4, -0.2) is 41.9 Å². The van der Waals surface area contributed by atoms with E-state index in [1.165, 1.54) is 0 Å². The van der Waals surface area contributed by atoms with Gasteiger partial charge in [-0.2, -0.15) is 0 Å². The van der Waals surface area contributed by atoms with Crippen LogP contribution in [0.3, 0.4) is 0 Å². The predicted molar refractivity (Wildman–Crippen MR) is 99.9 cm³/mol. The smallest absolute Gasteiger partial charge is 0.227 e. The minimum absolute atomic E-state index is 0.0128. The summed E-state index contributed by atoms with van der Waals surface area (Å²) in [4.78, 5) is 27.1. The quantitative estimate of drug-likeness (QED) is 0.827. The van der Waals surface area contributed by atoms with Crippen molar-refractivity contribution >= 4 is 11.8 Å². The molecule has 0 aromatic heterocycles. The van der Waals surface area contributed by atoms with E-state index in [9.17, 15) is 9.59 Å². The topological polar surface area (TPSA) is 75.4 Å². The molecule has 2 rings (SSSR count). The molecule has 0 spiro atoms. The number of nitrogens with two attached hydrogens (primary N) is 1. The zero-order valence-corrected chi connectivity index (χ0v) is 15.6. The Morgan fingerprint density at radius 1 is 1.32 bits per heavy atom. The SMILES string of the molecule is CC(C)C(C)(CN)NC(=O)C1CCCN(C(=O)Cc2ccccc2)C1. The highest BCUT2D eigenvalue weighted by atomic mass is 16.2. The zero-order valence-electron chi connectivity index (χ0n) is 15.6. The van der Waals surface area contributed by atoms with E-state index in [1.807, 2.05) is 42.2 Å². The standard InChI is InChI=1S/C20H31N3O2/c1-15(2)20(3,14-21)22-19(25)17-10-7-11-23(13-17)18(24)12-16-8-5-4-6-9-16/h4-6,8-9,15,17H,7,10-14,21H2,1-3H3,(H,22,25). The molecule has 3 N–H and O–H groups in total. The third kappa shape index (κ3) is 5.05. The van der Waals surface area contributed by atoms with Gasteiger partial charge in [0, 0.05) is 19.6 Å². The maximum atomic E-state index is 12.7. The van der Waals surface area contributed by atoms with E-state index in [4.69, 9.17) is 5.73 Å². The molecule has 0 bridgehead atoms. The molecular formula is C20H31N3O2. The molecule has 5 heteroatoms. The lowest BCUT2D eigenvalue weighted by Gasteiger charge is -2.37. The van der Waals surface area contributed by atoms with E-state index in [0.29, 0.717) is 19.5 Å². The van der Waals surface area contributed by atoms with Crippen molar-refractivity contribution in [3.8, 4) is 0 Å². The predicted octanol–water partition coefficient (Wildman–Crippen LogP) is 1.96. The van der Waals surface area contributed by atoms with Crippen LogP contribution < -0.4 is 11.1 Å². The van der Waals surface area contributed by atoms with E-state index in [1.54, 1.807) is 0 Å². The van der Waals surface area contributed by atoms with Crippen molar-refractivity contribution in [3.63, 3.8) is 0 Å². The van der Waals surface area contributed by atoms with Crippen LogP contribution in [-0.2, 0) is 16.0 Å². The highest BCUT2D eigenvalue weighted by Crippen LogP contribution is 2.21. The number of piperidine rings is 1. The Labute approximate surface area is 151 Å². The average molecular weight is 345 g/mol. The molecule has 0 aliphatic carbocycles. The second-order valence-electron chi connectivity index (χ2n) is 7.61. The summed E-state index contributed by atoms with van der Waals surface area (Å²) in [6, 6.07) is 9.74. The summed E-state index contributed by atoms with van der Waals surface area (Å²) in [6.07, 6.45) is 2.07. The molecule has 2 atom stereocenters. The van der Waals surface area contributed by atoms with Crippen molar-refractivity contribution in [2.24, 2.45) is 17.6 Å². The maximum absolute atomic E-state index is 12.7. The lowest BCUT2D eigenvalue weighted by molar-refractivity contribution is -0.135. The van der Waals surface area contributed by atoms with Gasteiger partial charge in [-0.1, -0.05) is 44.2 Å². The molecule has 1 heterocycles. The van der Waals surface area contributed by atoms with E-state index >= 15 is 0 Å². The summed E-state index contributed by atoms with van der Waals surface area (Å²) >= 11 is 0. The molecule has 1 aliphatic rings. The number of nitrogens with zero attached hydrogens (tertiary/aromatic N) is 1. The molecule has 1 aromatic carbocycles. The van der Waals surface area contributed by atoms with E-state index in [2.05, 4.69) is 19.2 Å². The molecule has 5 nitrogen and oxygen atoms in total. The average Bonchev–Trinajstić information content (AvgIpc) is 2.62. The van der Waals surface area contributed by atoms with Gasteiger partial charge >= 0.3 is 0 Å². The molecule has 1 saturated heterocycles. The first-order chi connectivity index (χ1) is 11.9. The molecule has 1 aliphatic heterocycles. The molecule has 2 amide bonds. The van der Waals surface area contributed by atoms with Crippen molar-refractivity contribution < 1.29 is 9.59 Å². The summed E-state index contributed by atoms with van der Waals surface area (Å²) in [6.45, 7) is 7.73. The summed E-state index contributed by atoms with van der Waals surface area (Å²) in [7, 11) is 0. The van der Waals surface area contributed by atoms with Crippen LogP contribution >= 0.6 is 0 Å². The van der Waals surface area contributed by atoms with Crippen molar-refractivity contribution in [1.82, 2.24) is 10.2 Å². The van der Waals surface area contributed by atoms with Crippen LogP contribution in [0.2, 0.25) is 0 Å². The Balaban J connectivity index is 1.95. The number of carbonyl (C=O) groups excluding carboxylic acids is 2. The molecule has 0 radical (unpaired) electrons. The normalized spacial score (nSPS) is 20.2. The molecule has 0 saturated carbocycles. The maximum Gasteiger partial charge on any atom is 0.227 e. The van der Waals surface area contributed by atoms with Gasteiger partial charge in [0.2, 0.25) is 11.8 Å². The summed E-state index contributed by atoms with van der Waals surface area (Å²) in [5.74, 6) is 0.201. The van der Waals surface area contributed by atoms with E-state index < -0.39 is 5.54 Å². The first-order valence-corrected chi connectivity index (χ1v) is 9.19. The van der Waals surface area contributed by atoms with Crippen molar-refractivity contribution in [3.05, 3.63) is 35.9 Å². The molecule has 1 aromatic rings. The Hall–Kier alpha value is -1.88. The Kier molecular flexibility index (Phi) is 6.59. The largest absolute Gasteiger partial charge is 0.349 e. The Morgan fingerprint density at radius 3 is 2.60 bits per heavy atom. The number of rotatable bonds is 6. The van der Waals surface area contributed by atoms with Crippen LogP contribution in [0.15, 0.2) is 30.3 Å². The zero-order chi connectivity index (χ0) is 18.4. The molecule has 1 fully saturated rings. The molecular weight excluding hydrogens is 314 g/mol. The first kappa shape index (κ1) is 19.4. The van der Waals surface area contributed by atoms with Gasteiger partial charge in [0.15, 0.2) is 0 Å². The Bertz CT molecular complexity index is 588. The van der Waals surface area contributed by atoms with Gasteiger partial charge in [0.1, 0.15) is 0 Å². The second kappa shape index (κ2) is 8.48. The monoisotopic (exact) mass is 345 g/mol. The number of nitrogens with one attached hydrogen (secondary N) is 1. The molecule has 25 heavy (non-hydrogen) atoms. The van der Waals surface area contributed by atoms with Crippen molar-refractivity contribution in [2.75, 3.05) is 19.6 Å². The lowest BCUT2D eigenvalue weighted by Crippen LogP contribution is -2.58. The van der Waals surface area contributed by atoms with Gasteiger partial charge in [-0.25, -0.2) is 0 Å². The third-order valence-corrected chi connectivity index (χ3v) is 5.45. The van der Waals surface area contributed by atoms with Gasteiger partial charge < -0.3 is 16.0 Å². The van der Waals surface area contributed by atoms with E-state index in [-0.39, 0.29) is 23.7 Å². The number of amides is 2. The van der Waals surface area contributed by atoms with Gasteiger partial charge in [-0.15, -0.1) is 0 Å². The Morgan fingerprint density at radius 2 is 2.00 bits per heavy atom. The highest BCUT2D eigenvalue weighted by Gasteiger charge is 2.34. The first-order valence-electron chi connectivity index (χ1n) is 9.19. The van der Waals surface area contributed by atoms with Crippen LogP contribution in [0, 0.1) is 11.8 Å². The fraction of sp³-hybridized carbons (Fsp3) is 0.600. The van der Waals surface area contributed by atoms with Gasteiger partial charge in [0.25, 0.3) is 0 Å². The van der Waals surface area contributed by atoms with Crippen LogP contribution in [0.5, 0.6) is 0 Å². The number of hydrogen-bond acceptors (Lipinski definition) is 3. The fourth-order valence-electron chi connectivity index (χ4n) is 3.11. The number of carbonyl (C=O) groups is 2. The number of benzene rings is 1. The van der Waals surface area contributed by atoms with Gasteiger partial charge in [-0.3, -0.25) is 9.59 Å². The van der Waals surface area contributed by atoms with Crippen LogP contribution in [0.1, 0.15) is 39.2 Å².